The molecule has 0 aliphatic heterocycles. The maximum absolute atomic E-state index is 11.8. The average molecular weight is 322 g/mol. The second-order valence-corrected chi connectivity index (χ2v) is 5.36. The van der Waals surface area contributed by atoms with E-state index in [1.807, 2.05) is 13.8 Å². The van der Waals surface area contributed by atoms with Crippen LogP contribution in [0.2, 0.25) is 0 Å². The zero-order valence-corrected chi connectivity index (χ0v) is 13.5. The minimum atomic E-state index is -0.685. The zero-order chi connectivity index (χ0) is 17.2. The Morgan fingerprint density at radius 1 is 1.13 bits per heavy atom. The van der Waals surface area contributed by atoms with Crippen molar-refractivity contribution in [2.75, 3.05) is 20.3 Å². The summed E-state index contributed by atoms with van der Waals surface area (Å²) in [5, 5.41) is 4.61. The summed E-state index contributed by atoms with van der Waals surface area (Å²) in [6.45, 7) is 4.24. The molecule has 126 valence electrons. The molecule has 0 saturated heterocycles. The maximum atomic E-state index is 11.8. The number of hydrogen-bond acceptors (Lipinski definition) is 5. The van der Waals surface area contributed by atoms with Crippen LogP contribution >= 0.6 is 0 Å². The molecule has 3 amide bonds. The number of imide groups is 1. The predicted octanol–water partition coefficient (Wildman–Crippen LogP) is 1.47. The van der Waals surface area contributed by atoms with Crippen LogP contribution in [-0.4, -0.2) is 38.2 Å². The SMILES string of the molecule is COCc1ccc(C(=O)OCC(=O)NC(=O)NCC(C)C)cc1. The van der Waals surface area contributed by atoms with Crippen molar-refractivity contribution in [3.05, 3.63) is 35.4 Å². The summed E-state index contributed by atoms with van der Waals surface area (Å²) in [5.74, 6) is -1.04. The molecule has 0 spiro atoms. The quantitative estimate of drug-likeness (QED) is 0.742. The first-order chi connectivity index (χ1) is 10.9. The lowest BCUT2D eigenvalue weighted by molar-refractivity contribution is -0.123. The van der Waals surface area contributed by atoms with Crippen molar-refractivity contribution in [2.45, 2.75) is 20.5 Å². The van der Waals surface area contributed by atoms with E-state index in [0.717, 1.165) is 5.56 Å². The minimum absolute atomic E-state index is 0.273. The van der Waals surface area contributed by atoms with Gasteiger partial charge in [0.25, 0.3) is 5.91 Å². The van der Waals surface area contributed by atoms with Crippen molar-refractivity contribution in [3.8, 4) is 0 Å². The van der Waals surface area contributed by atoms with E-state index in [9.17, 15) is 14.4 Å². The van der Waals surface area contributed by atoms with Crippen molar-refractivity contribution in [2.24, 2.45) is 5.92 Å². The smallest absolute Gasteiger partial charge is 0.338 e. The monoisotopic (exact) mass is 322 g/mol. The summed E-state index contributed by atoms with van der Waals surface area (Å²) >= 11 is 0. The maximum Gasteiger partial charge on any atom is 0.338 e. The molecule has 23 heavy (non-hydrogen) atoms. The van der Waals surface area contributed by atoms with E-state index in [4.69, 9.17) is 9.47 Å². The molecule has 0 aliphatic rings. The number of carbonyl (C=O) groups excluding carboxylic acids is 3. The highest BCUT2D eigenvalue weighted by molar-refractivity contribution is 5.97. The lowest BCUT2D eigenvalue weighted by Crippen LogP contribution is -2.42. The number of amides is 3. The second kappa shape index (κ2) is 9.58. The summed E-state index contributed by atoms with van der Waals surface area (Å²) in [7, 11) is 1.58. The molecule has 2 N–H and O–H groups in total. The van der Waals surface area contributed by atoms with Gasteiger partial charge in [-0.15, -0.1) is 0 Å². The van der Waals surface area contributed by atoms with Crippen LogP contribution < -0.4 is 10.6 Å². The molecule has 0 saturated carbocycles. The van der Waals surface area contributed by atoms with E-state index in [1.54, 1.807) is 31.4 Å². The normalized spacial score (nSPS) is 10.3. The number of nitrogens with one attached hydrogen (secondary N) is 2. The largest absolute Gasteiger partial charge is 0.452 e. The average Bonchev–Trinajstić information content (AvgIpc) is 2.51. The number of hydrogen-bond donors (Lipinski definition) is 2. The molecule has 0 bridgehead atoms. The van der Waals surface area contributed by atoms with E-state index in [-0.39, 0.29) is 5.92 Å². The molecule has 0 aliphatic carbocycles. The summed E-state index contributed by atoms with van der Waals surface area (Å²) in [4.78, 5) is 34.7. The number of ether oxygens (including phenoxy) is 2. The third-order valence-corrected chi connectivity index (χ3v) is 2.76. The first kappa shape index (κ1) is 18.6. The molecule has 7 heteroatoms. The number of urea groups is 1. The van der Waals surface area contributed by atoms with Crippen molar-refractivity contribution in [1.29, 1.82) is 0 Å². The molecule has 0 unspecified atom stereocenters. The van der Waals surface area contributed by atoms with Crippen molar-refractivity contribution in [1.82, 2.24) is 10.6 Å². The summed E-state index contributed by atoms with van der Waals surface area (Å²) < 4.78 is 9.83. The van der Waals surface area contributed by atoms with Crippen LogP contribution in [-0.2, 0) is 20.9 Å². The topological polar surface area (TPSA) is 93.7 Å². The lowest BCUT2D eigenvalue weighted by Gasteiger charge is -2.09. The fraction of sp³-hybridized carbons (Fsp3) is 0.438. The van der Waals surface area contributed by atoms with Gasteiger partial charge in [0.15, 0.2) is 6.61 Å². The first-order valence-corrected chi connectivity index (χ1v) is 7.25. The zero-order valence-electron chi connectivity index (χ0n) is 13.5. The number of benzene rings is 1. The molecule has 1 aromatic carbocycles. The van der Waals surface area contributed by atoms with Gasteiger partial charge >= 0.3 is 12.0 Å². The van der Waals surface area contributed by atoms with Crippen molar-refractivity contribution >= 4 is 17.9 Å². The van der Waals surface area contributed by atoms with E-state index < -0.39 is 24.5 Å². The van der Waals surface area contributed by atoms with Gasteiger partial charge in [-0.2, -0.15) is 0 Å². The Kier molecular flexibility index (Phi) is 7.76. The highest BCUT2D eigenvalue weighted by atomic mass is 16.5. The molecule has 7 nitrogen and oxygen atoms in total. The third-order valence-electron chi connectivity index (χ3n) is 2.76. The van der Waals surface area contributed by atoms with Crippen LogP contribution in [0.3, 0.4) is 0 Å². The lowest BCUT2D eigenvalue weighted by atomic mass is 10.1. The minimum Gasteiger partial charge on any atom is -0.452 e. The van der Waals surface area contributed by atoms with Crippen LogP contribution in [0.15, 0.2) is 24.3 Å². The Labute approximate surface area is 135 Å². The van der Waals surface area contributed by atoms with Gasteiger partial charge in [-0.25, -0.2) is 9.59 Å². The van der Waals surface area contributed by atoms with E-state index in [2.05, 4.69) is 10.6 Å². The molecule has 0 radical (unpaired) electrons. The highest BCUT2D eigenvalue weighted by Crippen LogP contribution is 2.06. The Bertz CT molecular complexity index is 540. The second-order valence-electron chi connectivity index (χ2n) is 5.36. The molecule has 0 aromatic heterocycles. The van der Waals surface area contributed by atoms with Gasteiger partial charge < -0.3 is 14.8 Å². The molecule has 0 fully saturated rings. The van der Waals surface area contributed by atoms with Gasteiger partial charge in [-0.05, 0) is 23.6 Å². The van der Waals surface area contributed by atoms with Crippen LogP contribution in [0, 0.1) is 5.92 Å². The molecule has 1 aromatic rings. The highest BCUT2D eigenvalue weighted by Gasteiger charge is 2.12. The summed E-state index contributed by atoms with van der Waals surface area (Å²) in [5.41, 5.74) is 1.24. The van der Waals surface area contributed by atoms with Crippen molar-refractivity contribution in [3.63, 3.8) is 0 Å². The third kappa shape index (κ3) is 7.42. The summed E-state index contributed by atoms with van der Waals surface area (Å²) in [6.07, 6.45) is 0. The van der Waals surface area contributed by atoms with Crippen molar-refractivity contribution < 1.29 is 23.9 Å². The predicted molar refractivity (Wildman–Crippen MR) is 83.8 cm³/mol. The number of rotatable bonds is 7. The molecular formula is C16H22N2O5. The van der Waals surface area contributed by atoms with Gasteiger partial charge in [0.05, 0.1) is 12.2 Å². The number of methoxy groups -OCH3 is 1. The van der Waals surface area contributed by atoms with Gasteiger partial charge in [0, 0.05) is 13.7 Å². The molecular weight excluding hydrogens is 300 g/mol. The summed E-state index contributed by atoms with van der Waals surface area (Å²) in [6, 6.07) is 6.04. The van der Waals surface area contributed by atoms with E-state index >= 15 is 0 Å². The Morgan fingerprint density at radius 3 is 2.35 bits per heavy atom. The van der Waals surface area contributed by atoms with Gasteiger partial charge in [0.2, 0.25) is 0 Å². The fourth-order valence-corrected chi connectivity index (χ4v) is 1.62. The number of esters is 1. The van der Waals surface area contributed by atoms with Crippen LogP contribution in [0.5, 0.6) is 0 Å². The van der Waals surface area contributed by atoms with Gasteiger partial charge in [-0.3, -0.25) is 10.1 Å². The molecule has 1 rings (SSSR count). The fourth-order valence-electron chi connectivity index (χ4n) is 1.62. The standard InChI is InChI=1S/C16H22N2O5/c1-11(2)8-17-16(21)18-14(19)10-23-15(20)13-6-4-12(5-7-13)9-22-3/h4-7,11H,8-10H2,1-3H3,(H2,17,18,19,21). The van der Waals surface area contributed by atoms with Crippen LogP contribution in [0.25, 0.3) is 0 Å². The molecule has 0 atom stereocenters. The Balaban J connectivity index is 2.37. The van der Waals surface area contributed by atoms with Crippen LogP contribution in [0.1, 0.15) is 29.8 Å². The Hall–Kier alpha value is -2.41. The first-order valence-electron chi connectivity index (χ1n) is 7.25. The molecule has 0 heterocycles. The van der Waals surface area contributed by atoms with E-state index in [0.29, 0.717) is 18.7 Å². The Morgan fingerprint density at radius 2 is 1.78 bits per heavy atom. The van der Waals surface area contributed by atoms with Crippen LogP contribution in [0.4, 0.5) is 4.79 Å². The van der Waals surface area contributed by atoms with Gasteiger partial charge in [0.1, 0.15) is 0 Å². The van der Waals surface area contributed by atoms with E-state index in [1.165, 1.54) is 0 Å². The van der Waals surface area contributed by atoms with Gasteiger partial charge in [-0.1, -0.05) is 26.0 Å². The number of carbonyl (C=O) groups is 3.